The van der Waals surface area contributed by atoms with Gasteiger partial charge in [0, 0.05) is 19.2 Å². The van der Waals surface area contributed by atoms with Crippen LogP contribution in [0, 0.1) is 10.1 Å². The zero-order chi connectivity index (χ0) is 12.1. The molecule has 5 nitrogen and oxygen atoms in total. The number of hydrogen-bond donors (Lipinski definition) is 0. The van der Waals surface area contributed by atoms with Gasteiger partial charge in [-0.1, -0.05) is 18.6 Å². The second-order valence-electron chi connectivity index (χ2n) is 4.18. The van der Waals surface area contributed by atoms with Crippen LogP contribution in [0.4, 0.5) is 5.69 Å². The fourth-order valence-corrected chi connectivity index (χ4v) is 1.98. The van der Waals surface area contributed by atoms with Gasteiger partial charge in [0.25, 0.3) is 0 Å². The van der Waals surface area contributed by atoms with Crippen LogP contribution in [0.25, 0.3) is 0 Å². The van der Waals surface area contributed by atoms with E-state index in [1.807, 2.05) is 0 Å². The molecule has 17 heavy (non-hydrogen) atoms. The van der Waals surface area contributed by atoms with Crippen LogP contribution in [0.15, 0.2) is 24.3 Å². The molecule has 0 N–H and O–H groups in total. The molecule has 0 aromatic heterocycles. The fourth-order valence-electron chi connectivity index (χ4n) is 1.98. The minimum atomic E-state index is -0.411. The SMILES string of the molecule is O=[N+]([O-])c1ccccc1OCN1CCCCC1. The molecule has 0 unspecified atom stereocenters. The van der Waals surface area contributed by atoms with Crippen LogP contribution in [-0.2, 0) is 0 Å². The molecule has 1 heterocycles. The van der Waals surface area contributed by atoms with E-state index < -0.39 is 4.92 Å². The van der Waals surface area contributed by atoms with Gasteiger partial charge in [0.2, 0.25) is 0 Å². The van der Waals surface area contributed by atoms with Gasteiger partial charge in [0.05, 0.1) is 4.92 Å². The summed E-state index contributed by atoms with van der Waals surface area (Å²) in [5.41, 5.74) is 0.0320. The Hall–Kier alpha value is -1.62. The van der Waals surface area contributed by atoms with Crippen LogP contribution < -0.4 is 4.74 Å². The largest absolute Gasteiger partial charge is 0.471 e. The monoisotopic (exact) mass is 236 g/mol. The Kier molecular flexibility index (Phi) is 3.93. The number of benzene rings is 1. The lowest BCUT2D eigenvalue weighted by molar-refractivity contribution is -0.386. The van der Waals surface area contributed by atoms with Crippen LogP contribution in [0.3, 0.4) is 0 Å². The van der Waals surface area contributed by atoms with Crippen LogP contribution in [0.1, 0.15) is 19.3 Å². The number of ether oxygens (including phenoxy) is 1. The summed E-state index contributed by atoms with van der Waals surface area (Å²) in [5, 5.41) is 10.8. The van der Waals surface area contributed by atoms with Crippen molar-refractivity contribution in [1.82, 2.24) is 4.90 Å². The Morgan fingerprint density at radius 3 is 2.65 bits per heavy atom. The van der Waals surface area contributed by atoms with Gasteiger partial charge in [0.1, 0.15) is 6.73 Å². The molecule has 1 aliphatic rings. The van der Waals surface area contributed by atoms with Gasteiger partial charge in [-0.2, -0.15) is 0 Å². The van der Waals surface area contributed by atoms with Crippen molar-refractivity contribution in [1.29, 1.82) is 0 Å². The molecule has 0 aliphatic carbocycles. The molecule has 5 heteroatoms. The van der Waals surface area contributed by atoms with Crippen LogP contribution in [0.5, 0.6) is 5.75 Å². The van der Waals surface area contributed by atoms with Gasteiger partial charge in [-0.15, -0.1) is 0 Å². The number of likely N-dealkylation sites (tertiary alicyclic amines) is 1. The maximum absolute atomic E-state index is 10.8. The highest BCUT2D eigenvalue weighted by molar-refractivity contribution is 5.45. The first-order valence-electron chi connectivity index (χ1n) is 5.86. The van der Waals surface area contributed by atoms with E-state index in [0.717, 1.165) is 13.1 Å². The first-order chi connectivity index (χ1) is 8.27. The van der Waals surface area contributed by atoms with Gasteiger partial charge in [-0.3, -0.25) is 15.0 Å². The molecule has 0 atom stereocenters. The summed E-state index contributed by atoms with van der Waals surface area (Å²) in [5.74, 6) is 0.350. The number of hydrogen-bond acceptors (Lipinski definition) is 4. The minimum Gasteiger partial charge on any atom is -0.471 e. The number of rotatable bonds is 4. The predicted molar refractivity (Wildman–Crippen MR) is 64.0 cm³/mol. The van der Waals surface area contributed by atoms with E-state index in [-0.39, 0.29) is 5.69 Å². The molecule has 1 saturated heterocycles. The summed E-state index contributed by atoms with van der Waals surface area (Å²) >= 11 is 0. The maximum atomic E-state index is 10.8. The molecule has 0 bridgehead atoms. The zero-order valence-corrected chi connectivity index (χ0v) is 9.67. The second-order valence-corrected chi connectivity index (χ2v) is 4.18. The van der Waals surface area contributed by atoms with E-state index in [0.29, 0.717) is 12.5 Å². The van der Waals surface area contributed by atoms with E-state index in [1.165, 1.54) is 25.3 Å². The number of nitro groups is 1. The average Bonchev–Trinajstić information content (AvgIpc) is 2.38. The molecule has 1 aromatic carbocycles. The van der Waals surface area contributed by atoms with E-state index >= 15 is 0 Å². The van der Waals surface area contributed by atoms with Crippen LogP contribution in [0.2, 0.25) is 0 Å². The highest BCUT2D eigenvalue weighted by Crippen LogP contribution is 2.26. The number of para-hydroxylation sites is 2. The molecule has 0 saturated carbocycles. The maximum Gasteiger partial charge on any atom is 0.310 e. The average molecular weight is 236 g/mol. The molecule has 2 rings (SSSR count). The molecule has 1 aromatic rings. The summed E-state index contributed by atoms with van der Waals surface area (Å²) in [6.45, 7) is 2.46. The molecular formula is C12H16N2O3. The third-order valence-electron chi connectivity index (χ3n) is 2.91. The molecule has 92 valence electrons. The normalized spacial score (nSPS) is 16.7. The van der Waals surface area contributed by atoms with Gasteiger partial charge < -0.3 is 4.74 Å². The Labute approximate surface area is 100 Å². The third kappa shape index (κ3) is 3.17. The number of nitro benzene ring substituents is 1. The van der Waals surface area contributed by atoms with Crippen molar-refractivity contribution in [3.63, 3.8) is 0 Å². The van der Waals surface area contributed by atoms with Crippen LogP contribution in [-0.4, -0.2) is 29.6 Å². The van der Waals surface area contributed by atoms with E-state index in [1.54, 1.807) is 18.2 Å². The van der Waals surface area contributed by atoms with E-state index in [4.69, 9.17) is 4.74 Å². The lowest BCUT2D eigenvalue weighted by Gasteiger charge is -2.25. The fraction of sp³-hybridized carbons (Fsp3) is 0.500. The number of piperidine rings is 1. The topological polar surface area (TPSA) is 55.6 Å². The van der Waals surface area contributed by atoms with Crippen molar-refractivity contribution in [3.05, 3.63) is 34.4 Å². The first-order valence-corrected chi connectivity index (χ1v) is 5.86. The lowest BCUT2D eigenvalue weighted by atomic mass is 10.1. The third-order valence-corrected chi connectivity index (χ3v) is 2.91. The predicted octanol–water partition coefficient (Wildman–Crippen LogP) is 2.42. The van der Waals surface area contributed by atoms with Crippen molar-refractivity contribution < 1.29 is 9.66 Å². The van der Waals surface area contributed by atoms with E-state index in [9.17, 15) is 10.1 Å². The van der Waals surface area contributed by atoms with Crippen molar-refractivity contribution in [2.75, 3.05) is 19.8 Å². The quantitative estimate of drug-likeness (QED) is 0.595. The summed E-state index contributed by atoms with van der Waals surface area (Å²) in [7, 11) is 0. The summed E-state index contributed by atoms with van der Waals surface area (Å²) in [6.07, 6.45) is 3.63. The summed E-state index contributed by atoms with van der Waals surface area (Å²) < 4.78 is 5.52. The molecule has 0 radical (unpaired) electrons. The van der Waals surface area contributed by atoms with Crippen molar-refractivity contribution >= 4 is 5.69 Å². The Morgan fingerprint density at radius 1 is 1.24 bits per heavy atom. The second kappa shape index (κ2) is 5.63. The van der Waals surface area contributed by atoms with E-state index in [2.05, 4.69) is 4.90 Å². The standard InChI is InChI=1S/C12H16N2O3/c15-14(16)11-6-2-3-7-12(11)17-10-13-8-4-1-5-9-13/h2-3,6-7H,1,4-5,8-10H2. The Bertz CT molecular complexity index is 389. The van der Waals surface area contributed by atoms with Crippen molar-refractivity contribution in [2.45, 2.75) is 19.3 Å². The lowest BCUT2D eigenvalue weighted by Crippen LogP contribution is -2.33. The Balaban J connectivity index is 1.96. The van der Waals surface area contributed by atoms with Crippen molar-refractivity contribution in [3.8, 4) is 5.75 Å². The Morgan fingerprint density at radius 2 is 1.94 bits per heavy atom. The molecule has 1 fully saturated rings. The molecular weight excluding hydrogens is 220 g/mol. The van der Waals surface area contributed by atoms with Gasteiger partial charge in [-0.25, -0.2) is 0 Å². The van der Waals surface area contributed by atoms with Crippen LogP contribution >= 0.6 is 0 Å². The van der Waals surface area contributed by atoms with Gasteiger partial charge in [0.15, 0.2) is 5.75 Å². The zero-order valence-electron chi connectivity index (χ0n) is 9.67. The van der Waals surface area contributed by atoms with Gasteiger partial charge in [-0.05, 0) is 18.9 Å². The molecule has 1 aliphatic heterocycles. The number of nitrogens with zero attached hydrogens (tertiary/aromatic N) is 2. The molecule has 0 amide bonds. The smallest absolute Gasteiger partial charge is 0.310 e. The summed E-state index contributed by atoms with van der Waals surface area (Å²) in [4.78, 5) is 12.6. The van der Waals surface area contributed by atoms with Gasteiger partial charge >= 0.3 is 5.69 Å². The highest BCUT2D eigenvalue weighted by Gasteiger charge is 2.15. The van der Waals surface area contributed by atoms with Crippen molar-refractivity contribution in [2.24, 2.45) is 0 Å². The molecule has 0 spiro atoms. The first kappa shape index (κ1) is 11.9. The minimum absolute atomic E-state index is 0.0320. The highest BCUT2D eigenvalue weighted by atomic mass is 16.6. The summed E-state index contributed by atoms with van der Waals surface area (Å²) in [6, 6.07) is 6.50.